The van der Waals surface area contributed by atoms with Crippen molar-refractivity contribution < 1.29 is 19.0 Å². The van der Waals surface area contributed by atoms with Gasteiger partial charge < -0.3 is 24.4 Å². The molecule has 6 heteroatoms. The normalized spacial score (nSPS) is 22.5. The van der Waals surface area contributed by atoms with Crippen LogP contribution in [0.3, 0.4) is 0 Å². The summed E-state index contributed by atoms with van der Waals surface area (Å²) in [7, 11) is 3.21. The van der Waals surface area contributed by atoms with Crippen LogP contribution in [-0.2, 0) is 9.53 Å². The van der Waals surface area contributed by atoms with Gasteiger partial charge >= 0.3 is 0 Å². The fourth-order valence-electron chi connectivity index (χ4n) is 4.79. The Labute approximate surface area is 181 Å². The molecular formula is C24H38N2O4. The third kappa shape index (κ3) is 6.61. The molecule has 2 fully saturated rings. The minimum atomic E-state index is 0.0289. The lowest BCUT2D eigenvalue weighted by Crippen LogP contribution is -2.42. The van der Waals surface area contributed by atoms with E-state index in [0.29, 0.717) is 29.5 Å². The Morgan fingerprint density at radius 2 is 1.93 bits per heavy atom. The van der Waals surface area contributed by atoms with Crippen molar-refractivity contribution in [3.63, 3.8) is 0 Å². The highest BCUT2D eigenvalue weighted by Gasteiger charge is 2.30. The topological polar surface area (TPSA) is 60.0 Å². The third-order valence-electron chi connectivity index (χ3n) is 6.49. The number of benzene rings is 1. The monoisotopic (exact) mass is 418 g/mol. The molecular weight excluding hydrogens is 380 g/mol. The van der Waals surface area contributed by atoms with Gasteiger partial charge in [0.1, 0.15) is 11.5 Å². The highest BCUT2D eigenvalue weighted by molar-refractivity contribution is 5.92. The van der Waals surface area contributed by atoms with Crippen LogP contribution in [0.5, 0.6) is 11.5 Å². The van der Waals surface area contributed by atoms with Crippen molar-refractivity contribution in [3.8, 4) is 11.5 Å². The molecule has 168 valence electrons. The summed E-state index contributed by atoms with van der Waals surface area (Å²) in [6, 6.07) is 5.43. The van der Waals surface area contributed by atoms with Crippen molar-refractivity contribution in [1.29, 1.82) is 0 Å². The zero-order chi connectivity index (χ0) is 21.6. The van der Waals surface area contributed by atoms with Crippen LogP contribution < -0.4 is 14.8 Å². The summed E-state index contributed by atoms with van der Waals surface area (Å²) in [5, 5.41) is 2.98. The number of hydrogen-bond donors (Lipinski definition) is 1. The number of methoxy groups -OCH3 is 2. The van der Waals surface area contributed by atoms with Crippen LogP contribution in [0.4, 0.5) is 5.69 Å². The van der Waals surface area contributed by atoms with Crippen molar-refractivity contribution in [2.75, 3.05) is 45.8 Å². The van der Waals surface area contributed by atoms with E-state index in [1.807, 2.05) is 12.1 Å². The van der Waals surface area contributed by atoms with Gasteiger partial charge in [0.15, 0.2) is 0 Å². The standard InChI is InChI=1S/C24H38N2O4/c1-24(2)16-19(11-14-30-24)17-26-12-9-18(10-13-26)5-8-23(27)25-21-7-6-20(28-3)15-22(21)29-4/h6-7,15,18-19H,5,8-14,16-17H2,1-4H3,(H,25,27)/t19-/m1/s1. The Morgan fingerprint density at radius 3 is 2.60 bits per heavy atom. The van der Waals surface area contributed by atoms with Crippen LogP contribution in [-0.4, -0.2) is 56.9 Å². The molecule has 30 heavy (non-hydrogen) atoms. The maximum absolute atomic E-state index is 12.4. The molecule has 2 aliphatic heterocycles. The highest BCUT2D eigenvalue weighted by atomic mass is 16.5. The molecule has 1 atom stereocenters. The van der Waals surface area contributed by atoms with E-state index in [1.54, 1.807) is 20.3 Å². The average molecular weight is 419 g/mol. The lowest BCUT2D eigenvalue weighted by molar-refractivity contribution is -0.116. The van der Waals surface area contributed by atoms with Gasteiger partial charge in [-0.25, -0.2) is 0 Å². The molecule has 0 saturated carbocycles. The molecule has 2 aliphatic rings. The first kappa shape index (κ1) is 22.9. The lowest BCUT2D eigenvalue weighted by atomic mass is 9.86. The van der Waals surface area contributed by atoms with Gasteiger partial charge in [0, 0.05) is 25.6 Å². The number of nitrogens with zero attached hydrogens (tertiary/aromatic N) is 1. The molecule has 6 nitrogen and oxygen atoms in total. The molecule has 0 unspecified atom stereocenters. The van der Waals surface area contributed by atoms with Crippen molar-refractivity contribution in [1.82, 2.24) is 4.90 Å². The Morgan fingerprint density at radius 1 is 1.17 bits per heavy atom. The summed E-state index contributed by atoms with van der Waals surface area (Å²) in [5.41, 5.74) is 0.721. The Hall–Kier alpha value is -1.79. The van der Waals surface area contributed by atoms with Crippen molar-refractivity contribution in [3.05, 3.63) is 18.2 Å². The molecule has 0 bridgehead atoms. The van der Waals surface area contributed by atoms with Gasteiger partial charge in [-0.05, 0) is 83.0 Å². The van der Waals surface area contributed by atoms with Gasteiger partial charge in [0.25, 0.3) is 0 Å². The maximum atomic E-state index is 12.4. The van der Waals surface area contributed by atoms with Crippen molar-refractivity contribution in [2.45, 2.75) is 58.0 Å². The van der Waals surface area contributed by atoms with E-state index in [0.717, 1.165) is 38.5 Å². The number of carbonyl (C=O) groups is 1. The van der Waals surface area contributed by atoms with Gasteiger partial charge in [-0.3, -0.25) is 4.79 Å². The first-order valence-electron chi connectivity index (χ1n) is 11.3. The predicted molar refractivity (Wildman–Crippen MR) is 119 cm³/mol. The second-order valence-electron chi connectivity index (χ2n) is 9.36. The van der Waals surface area contributed by atoms with Gasteiger partial charge in [-0.15, -0.1) is 0 Å². The third-order valence-corrected chi connectivity index (χ3v) is 6.49. The number of piperidine rings is 1. The number of rotatable bonds is 8. The smallest absolute Gasteiger partial charge is 0.224 e. The molecule has 3 rings (SSSR count). The van der Waals surface area contributed by atoms with E-state index in [4.69, 9.17) is 14.2 Å². The van der Waals surface area contributed by atoms with E-state index in [9.17, 15) is 4.79 Å². The van der Waals surface area contributed by atoms with Gasteiger partial charge in [0.05, 0.1) is 25.5 Å². The Balaban J connectivity index is 1.38. The van der Waals surface area contributed by atoms with Crippen LogP contribution in [0, 0.1) is 11.8 Å². The minimum Gasteiger partial charge on any atom is -0.497 e. The summed E-state index contributed by atoms with van der Waals surface area (Å²) in [4.78, 5) is 15.1. The summed E-state index contributed by atoms with van der Waals surface area (Å²) in [5.74, 6) is 2.75. The van der Waals surface area contributed by atoms with E-state index in [2.05, 4.69) is 24.1 Å². The van der Waals surface area contributed by atoms with Crippen LogP contribution >= 0.6 is 0 Å². The largest absolute Gasteiger partial charge is 0.497 e. The Bertz CT molecular complexity index is 698. The number of hydrogen-bond acceptors (Lipinski definition) is 5. The molecule has 1 aromatic carbocycles. The first-order valence-corrected chi connectivity index (χ1v) is 11.3. The van der Waals surface area contributed by atoms with Gasteiger partial charge in [-0.2, -0.15) is 0 Å². The number of likely N-dealkylation sites (tertiary alicyclic amines) is 1. The van der Waals surface area contributed by atoms with E-state index in [1.165, 1.54) is 25.8 Å². The van der Waals surface area contributed by atoms with E-state index in [-0.39, 0.29) is 11.5 Å². The van der Waals surface area contributed by atoms with Crippen LogP contribution in [0.2, 0.25) is 0 Å². The zero-order valence-electron chi connectivity index (χ0n) is 19.0. The highest BCUT2D eigenvalue weighted by Crippen LogP contribution is 2.31. The summed E-state index contributed by atoms with van der Waals surface area (Å²) < 4.78 is 16.4. The van der Waals surface area contributed by atoms with Crippen LogP contribution in [0.1, 0.15) is 52.4 Å². The number of ether oxygens (including phenoxy) is 3. The molecule has 1 N–H and O–H groups in total. The van der Waals surface area contributed by atoms with Crippen LogP contribution in [0.25, 0.3) is 0 Å². The van der Waals surface area contributed by atoms with Gasteiger partial charge in [0.2, 0.25) is 5.91 Å². The number of carbonyl (C=O) groups excluding carboxylic acids is 1. The second-order valence-corrected chi connectivity index (χ2v) is 9.36. The van der Waals surface area contributed by atoms with Crippen molar-refractivity contribution >= 4 is 11.6 Å². The average Bonchev–Trinajstić information content (AvgIpc) is 2.73. The molecule has 0 aromatic heterocycles. The number of anilines is 1. The quantitative estimate of drug-likeness (QED) is 0.681. The molecule has 1 aromatic rings. The molecule has 0 aliphatic carbocycles. The molecule has 2 saturated heterocycles. The van der Waals surface area contributed by atoms with E-state index >= 15 is 0 Å². The number of nitrogens with one attached hydrogen (secondary N) is 1. The SMILES string of the molecule is COc1ccc(NC(=O)CCC2CCN(C[C@@H]3CCOC(C)(C)C3)CC2)c(OC)c1. The molecule has 2 heterocycles. The minimum absolute atomic E-state index is 0.0289. The van der Waals surface area contributed by atoms with Crippen LogP contribution in [0.15, 0.2) is 18.2 Å². The predicted octanol–water partition coefficient (Wildman–Crippen LogP) is 4.34. The van der Waals surface area contributed by atoms with E-state index < -0.39 is 0 Å². The first-order chi connectivity index (χ1) is 14.4. The van der Waals surface area contributed by atoms with Crippen molar-refractivity contribution in [2.24, 2.45) is 11.8 Å². The molecule has 0 radical (unpaired) electrons. The Kier molecular flexibility index (Phi) is 8.00. The fraction of sp³-hybridized carbons (Fsp3) is 0.708. The molecule has 0 spiro atoms. The molecule has 1 amide bonds. The second kappa shape index (κ2) is 10.5. The summed E-state index contributed by atoms with van der Waals surface area (Å²) in [6.07, 6.45) is 6.20. The van der Waals surface area contributed by atoms with Gasteiger partial charge in [-0.1, -0.05) is 0 Å². The maximum Gasteiger partial charge on any atom is 0.224 e. The lowest BCUT2D eigenvalue weighted by Gasteiger charge is -2.39. The number of amides is 1. The zero-order valence-corrected chi connectivity index (χ0v) is 19.0. The summed E-state index contributed by atoms with van der Waals surface area (Å²) >= 11 is 0. The summed E-state index contributed by atoms with van der Waals surface area (Å²) in [6.45, 7) is 8.79. The fourth-order valence-corrected chi connectivity index (χ4v) is 4.79.